The predicted molar refractivity (Wildman–Crippen MR) is 47.1 cm³/mol. The lowest BCUT2D eigenvalue weighted by Gasteiger charge is -2.22. The summed E-state index contributed by atoms with van der Waals surface area (Å²) < 4.78 is 1.87. The van der Waals surface area contributed by atoms with Crippen molar-refractivity contribution in [3.63, 3.8) is 0 Å². The normalized spacial score (nSPS) is 19.2. The molecule has 1 aromatic rings. The number of nitrogens with zero attached hydrogens (tertiary/aromatic N) is 3. The Bertz CT molecular complexity index is 267. The quantitative estimate of drug-likeness (QED) is 0.659. The van der Waals surface area contributed by atoms with Crippen molar-refractivity contribution >= 4 is 0 Å². The van der Waals surface area contributed by atoms with Gasteiger partial charge in [-0.15, -0.1) is 0 Å². The largest absolute Gasteiger partial charge is 0.388 e. The zero-order chi connectivity index (χ0) is 9.10. The summed E-state index contributed by atoms with van der Waals surface area (Å²) in [7, 11) is 0. The SMILES string of the molecule is OCc1ncn(C2CCNCC2)n1. The van der Waals surface area contributed by atoms with Gasteiger partial charge in [0, 0.05) is 0 Å². The third-order valence-corrected chi connectivity index (χ3v) is 2.38. The smallest absolute Gasteiger partial charge is 0.175 e. The molecule has 5 heteroatoms. The van der Waals surface area contributed by atoms with Crippen LogP contribution in [0.4, 0.5) is 0 Å². The van der Waals surface area contributed by atoms with Crippen molar-refractivity contribution in [2.45, 2.75) is 25.5 Å². The molecule has 0 aromatic carbocycles. The predicted octanol–water partition coefficient (Wildman–Crippen LogP) is -0.305. The Morgan fingerprint density at radius 3 is 2.92 bits per heavy atom. The zero-order valence-corrected chi connectivity index (χ0v) is 7.48. The molecular formula is C8H14N4O. The summed E-state index contributed by atoms with van der Waals surface area (Å²) in [6.45, 7) is 2.01. The molecule has 2 rings (SSSR count). The Balaban J connectivity index is 2.05. The highest BCUT2D eigenvalue weighted by Gasteiger charge is 2.15. The Morgan fingerprint density at radius 1 is 1.54 bits per heavy atom. The van der Waals surface area contributed by atoms with Crippen molar-refractivity contribution in [3.8, 4) is 0 Å². The molecule has 1 saturated heterocycles. The van der Waals surface area contributed by atoms with Gasteiger partial charge in [-0.3, -0.25) is 0 Å². The molecule has 0 spiro atoms. The standard InChI is InChI=1S/C8H14N4O/c13-5-8-10-6-12(11-8)7-1-3-9-4-2-7/h6-7,9,13H,1-5H2. The lowest BCUT2D eigenvalue weighted by Crippen LogP contribution is -2.29. The van der Waals surface area contributed by atoms with E-state index in [1.54, 1.807) is 6.33 Å². The summed E-state index contributed by atoms with van der Waals surface area (Å²) in [6.07, 6.45) is 3.89. The van der Waals surface area contributed by atoms with E-state index in [9.17, 15) is 0 Å². The summed E-state index contributed by atoms with van der Waals surface area (Å²) in [4.78, 5) is 3.99. The minimum absolute atomic E-state index is 0.0715. The van der Waals surface area contributed by atoms with Gasteiger partial charge in [0.1, 0.15) is 12.9 Å². The van der Waals surface area contributed by atoms with Crippen LogP contribution < -0.4 is 5.32 Å². The molecule has 13 heavy (non-hydrogen) atoms. The first-order chi connectivity index (χ1) is 6.40. The molecule has 0 atom stereocenters. The minimum atomic E-state index is -0.0715. The summed E-state index contributed by atoms with van der Waals surface area (Å²) in [5, 5.41) is 16.3. The molecule has 1 aliphatic rings. The second-order valence-electron chi connectivity index (χ2n) is 3.28. The molecule has 0 aliphatic carbocycles. The molecule has 0 radical (unpaired) electrons. The highest BCUT2D eigenvalue weighted by Crippen LogP contribution is 2.16. The van der Waals surface area contributed by atoms with E-state index in [4.69, 9.17) is 5.11 Å². The van der Waals surface area contributed by atoms with Crippen LogP contribution in [-0.2, 0) is 6.61 Å². The third kappa shape index (κ3) is 1.87. The van der Waals surface area contributed by atoms with Gasteiger partial charge >= 0.3 is 0 Å². The highest BCUT2D eigenvalue weighted by atomic mass is 16.3. The number of aliphatic hydroxyl groups is 1. The number of aromatic nitrogens is 3. The number of rotatable bonds is 2. The van der Waals surface area contributed by atoms with Crippen molar-refractivity contribution in [1.29, 1.82) is 0 Å². The number of hydrogen-bond donors (Lipinski definition) is 2. The van der Waals surface area contributed by atoms with E-state index in [0.717, 1.165) is 25.9 Å². The van der Waals surface area contributed by atoms with Gasteiger partial charge in [-0.05, 0) is 25.9 Å². The van der Waals surface area contributed by atoms with E-state index in [-0.39, 0.29) is 6.61 Å². The molecule has 0 unspecified atom stereocenters. The summed E-state index contributed by atoms with van der Waals surface area (Å²) >= 11 is 0. The van der Waals surface area contributed by atoms with Crippen LogP contribution >= 0.6 is 0 Å². The third-order valence-electron chi connectivity index (χ3n) is 2.38. The zero-order valence-electron chi connectivity index (χ0n) is 7.48. The molecule has 0 saturated carbocycles. The van der Waals surface area contributed by atoms with Crippen LogP contribution in [0.5, 0.6) is 0 Å². The average Bonchev–Trinajstić information content (AvgIpc) is 2.67. The van der Waals surface area contributed by atoms with E-state index in [2.05, 4.69) is 15.4 Å². The Kier molecular flexibility index (Phi) is 2.56. The fourth-order valence-electron chi connectivity index (χ4n) is 1.63. The molecular weight excluding hydrogens is 168 g/mol. The lowest BCUT2D eigenvalue weighted by atomic mass is 10.1. The van der Waals surface area contributed by atoms with Gasteiger partial charge in [-0.1, -0.05) is 0 Å². The molecule has 2 heterocycles. The summed E-state index contributed by atoms with van der Waals surface area (Å²) in [5.41, 5.74) is 0. The molecule has 1 aliphatic heterocycles. The first-order valence-electron chi connectivity index (χ1n) is 4.62. The average molecular weight is 182 g/mol. The fourth-order valence-corrected chi connectivity index (χ4v) is 1.63. The van der Waals surface area contributed by atoms with E-state index < -0.39 is 0 Å². The van der Waals surface area contributed by atoms with Crippen molar-refractivity contribution in [2.24, 2.45) is 0 Å². The molecule has 2 N–H and O–H groups in total. The van der Waals surface area contributed by atoms with Gasteiger partial charge in [-0.25, -0.2) is 9.67 Å². The number of hydrogen-bond acceptors (Lipinski definition) is 4. The van der Waals surface area contributed by atoms with Gasteiger partial charge in [0.25, 0.3) is 0 Å². The minimum Gasteiger partial charge on any atom is -0.388 e. The van der Waals surface area contributed by atoms with Crippen LogP contribution in [0.25, 0.3) is 0 Å². The summed E-state index contributed by atoms with van der Waals surface area (Å²) in [6, 6.07) is 0.453. The first kappa shape index (κ1) is 8.65. The van der Waals surface area contributed by atoms with Crippen LogP contribution in [0.2, 0.25) is 0 Å². The number of aliphatic hydroxyl groups excluding tert-OH is 1. The maximum absolute atomic E-state index is 8.80. The first-order valence-corrected chi connectivity index (χ1v) is 4.62. The second kappa shape index (κ2) is 3.85. The van der Waals surface area contributed by atoms with Gasteiger partial charge < -0.3 is 10.4 Å². The topological polar surface area (TPSA) is 63.0 Å². The molecule has 0 bridgehead atoms. The van der Waals surface area contributed by atoms with Crippen LogP contribution in [0, 0.1) is 0 Å². The molecule has 1 fully saturated rings. The molecule has 5 nitrogen and oxygen atoms in total. The maximum atomic E-state index is 8.80. The van der Waals surface area contributed by atoms with E-state index in [0.29, 0.717) is 11.9 Å². The van der Waals surface area contributed by atoms with E-state index in [1.807, 2.05) is 4.68 Å². The van der Waals surface area contributed by atoms with Crippen LogP contribution in [0.1, 0.15) is 24.7 Å². The van der Waals surface area contributed by atoms with Crippen molar-refractivity contribution in [1.82, 2.24) is 20.1 Å². The Labute approximate surface area is 76.8 Å². The van der Waals surface area contributed by atoms with Crippen molar-refractivity contribution in [2.75, 3.05) is 13.1 Å². The Morgan fingerprint density at radius 2 is 2.31 bits per heavy atom. The van der Waals surface area contributed by atoms with Crippen LogP contribution in [-0.4, -0.2) is 33.0 Å². The van der Waals surface area contributed by atoms with Crippen molar-refractivity contribution < 1.29 is 5.11 Å². The molecule has 72 valence electrons. The molecule has 1 aromatic heterocycles. The van der Waals surface area contributed by atoms with Crippen LogP contribution in [0.3, 0.4) is 0 Å². The van der Waals surface area contributed by atoms with Gasteiger partial charge in [0.15, 0.2) is 5.82 Å². The van der Waals surface area contributed by atoms with Gasteiger partial charge in [0.2, 0.25) is 0 Å². The van der Waals surface area contributed by atoms with E-state index >= 15 is 0 Å². The second-order valence-corrected chi connectivity index (χ2v) is 3.28. The Hall–Kier alpha value is -0.940. The monoisotopic (exact) mass is 182 g/mol. The maximum Gasteiger partial charge on any atom is 0.175 e. The lowest BCUT2D eigenvalue weighted by molar-refractivity contribution is 0.267. The van der Waals surface area contributed by atoms with Crippen LogP contribution in [0.15, 0.2) is 6.33 Å². The fraction of sp³-hybridized carbons (Fsp3) is 0.750. The number of piperidine rings is 1. The van der Waals surface area contributed by atoms with E-state index in [1.165, 1.54) is 0 Å². The summed E-state index contributed by atoms with van der Waals surface area (Å²) in [5.74, 6) is 0.513. The van der Waals surface area contributed by atoms with Gasteiger partial charge in [-0.2, -0.15) is 5.10 Å². The van der Waals surface area contributed by atoms with Crippen molar-refractivity contribution in [3.05, 3.63) is 12.2 Å². The number of nitrogens with one attached hydrogen (secondary N) is 1. The van der Waals surface area contributed by atoms with Gasteiger partial charge in [0.05, 0.1) is 6.04 Å². The highest BCUT2D eigenvalue weighted by molar-refractivity contribution is 4.82. The molecule has 0 amide bonds.